The molecular formula is C8H9N3O3. The van der Waals surface area contributed by atoms with Gasteiger partial charge >= 0.3 is 6.03 Å². The molecule has 0 spiro atoms. The van der Waals surface area contributed by atoms with Crippen molar-refractivity contribution in [2.24, 2.45) is 11.0 Å². The van der Waals surface area contributed by atoms with E-state index in [1.807, 2.05) is 0 Å². The Kier molecular flexibility index (Phi) is 3.01. The van der Waals surface area contributed by atoms with Crippen LogP contribution in [0.4, 0.5) is 10.5 Å². The lowest BCUT2D eigenvalue weighted by molar-refractivity contribution is 0.254. The molecule has 0 unspecified atom stereocenters. The van der Waals surface area contributed by atoms with E-state index in [-0.39, 0.29) is 0 Å². The number of primary amides is 1. The smallest absolute Gasteiger partial charge is 0.342 e. The standard InChI is InChI=1S/C8H9N3O3/c1-14-7-4-2-6(3-5-7)11(10-13)8(9)12/h2-5H,1H3,(H2,9,12). The quantitative estimate of drug-likeness (QED) is 0.582. The predicted octanol–water partition coefficient (Wildman–Crippen LogP) is 1.26. The fraction of sp³-hybridized carbons (Fsp3) is 0.125. The van der Waals surface area contributed by atoms with Crippen LogP contribution in [0.25, 0.3) is 0 Å². The van der Waals surface area contributed by atoms with Gasteiger partial charge in [-0.3, -0.25) is 0 Å². The molecule has 1 aromatic carbocycles. The Labute approximate surface area is 80.2 Å². The van der Waals surface area contributed by atoms with Crippen molar-refractivity contribution >= 4 is 11.7 Å². The van der Waals surface area contributed by atoms with Gasteiger partial charge < -0.3 is 10.5 Å². The molecule has 1 rings (SSSR count). The number of ether oxygens (including phenoxy) is 1. The first-order valence-corrected chi connectivity index (χ1v) is 3.76. The number of hydrogen-bond acceptors (Lipinski definition) is 4. The molecule has 74 valence electrons. The van der Waals surface area contributed by atoms with Gasteiger partial charge in [-0.15, -0.1) is 9.92 Å². The molecule has 0 heterocycles. The number of methoxy groups -OCH3 is 1. The summed E-state index contributed by atoms with van der Waals surface area (Å²) in [7, 11) is 1.51. The van der Waals surface area contributed by atoms with Gasteiger partial charge in [0.05, 0.1) is 18.1 Å². The highest BCUT2D eigenvalue weighted by atomic mass is 16.5. The predicted molar refractivity (Wildman–Crippen MR) is 50.9 cm³/mol. The first kappa shape index (κ1) is 9.97. The van der Waals surface area contributed by atoms with Crippen LogP contribution in [0.3, 0.4) is 0 Å². The number of carbonyl (C=O) groups is 1. The molecule has 14 heavy (non-hydrogen) atoms. The molecule has 0 fully saturated rings. The van der Waals surface area contributed by atoms with Gasteiger partial charge in [-0.05, 0) is 24.3 Å². The highest BCUT2D eigenvalue weighted by molar-refractivity contribution is 5.89. The van der Waals surface area contributed by atoms with E-state index < -0.39 is 6.03 Å². The van der Waals surface area contributed by atoms with Crippen molar-refractivity contribution in [3.05, 3.63) is 29.2 Å². The Morgan fingerprint density at radius 2 is 2.00 bits per heavy atom. The number of nitrogens with two attached hydrogens (primary N) is 1. The third kappa shape index (κ3) is 1.98. The summed E-state index contributed by atoms with van der Waals surface area (Å²) in [6.45, 7) is 0. The summed E-state index contributed by atoms with van der Waals surface area (Å²) in [5.41, 5.74) is 5.21. The van der Waals surface area contributed by atoms with Crippen molar-refractivity contribution in [1.29, 1.82) is 0 Å². The number of rotatable bonds is 3. The third-order valence-corrected chi connectivity index (χ3v) is 1.61. The highest BCUT2D eigenvalue weighted by Crippen LogP contribution is 2.18. The molecule has 6 nitrogen and oxygen atoms in total. The van der Waals surface area contributed by atoms with Crippen LogP contribution in [-0.4, -0.2) is 13.1 Å². The Bertz CT molecular complexity index is 336. The van der Waals surface area contributed by atoms with Crippen molar-refractivity contribution in [2.75, 3.05) is 12.1 Å². The van der Waals surface area contributed by atoms with E-state index in [4.69, 9.17) is 10.5 Å². The average Bonchev–Trinajstić information content (AvgIpc) is 2.19. The molecule has 0 bridgehead atoms. The van der Waals surface area contributed by atoms with Gasteiger partial charge in [0, 0.05) is 0 Å². The van der Waals surface area contributed by atoms with Crippen molar-refractivity contribution in [3.8, 4) is 5.75 Å². The Morgan fingerprint density at radius 3 is 2.36 bits per heavy atom. The fourth-order valence-electron chi connectivity index (χ4n) is 0.938. The molecule has 0 aliphatic carbocycles. The molecule has 0 saturated carbocycles. The van der Waals surface area contributed by atoms with Crippen LogP contribution < -0.4 is 15.5 Å². The molecule has 0 atom stereocenters. The molecule has 0 aliphatic heterocycles. The molecule has 2 N–H and O–H groups in total. The lowest BCUT2D eigenvalue weighted by Gasteiger charge is -2.10. The summed E-state index contributed by atoms with van der Waals surface area (Å²) in [4.78, 5) is 21.0. The summed E-state index contributed by atoms with van der Waals surface area (Å²) in [6, 6.07) is 5.27. The van der Waals surface area contributed by atoms with Gasteiger partial charge in [0.25, 0.3) is 0 Å². The topological polar surface area (TPSA) is 85.0 Å². The van der Waals surface area contributed by atoms with E-state index in [9.17, 15) is 9.70 Å². The number of anilines is 1. The molecule has 0 aliphatic rings. The number of nitrogens with zero attached hydrogens (tertiary/aromatic N) is 2. The fourth-order valence-corrected chi connectivity index (χ4v) is 0.938. The minimum Gasteiger partial charge on any atom is -0.497 e. The zero-order valence-corrected chi connectivity index (χ0v) is 7.51. The Balaban J connectivity index is 2.94. The molecule has 2 amide bonds. The van der Waals surface area contributed by atoms with Gasteiger partial charge in [0.15, 0.2) is 0 Å². The second-order valence-corrected chi connectivity index (χ2v) is 2.43. The Hall–Kier alpha value is -2.11. The highest BCUT2D eigenvalue weighted by Gasteiger charge is 2.11. The molecular weight excluding hydrogens is 186 g/mol. The minimum atomic E-state index is -0.926. The Morgan fingerprint density at radius 1 is 1.43 bits per heavy atom. The number of hydrogen-bond donors (Lipinski definition) is 1. The first-order valence-electron chi connectivity index (χ1n) is 3.76. The monoisotopic (exact) mass is 195 g/mol. The zero-order chi connectivity index (χ0) is 10.6. The van der Waals surface area contributed by atoms with E-state index in [2.05, 4.69) is 5.29 Å². The van der Waals surface area contributed by atoms with Crippen molar-refractivity contribution in [2.45, 2.75) is 0 Å². The normalized spacial score (nSPS) is 9.21. The van der Waals surface area contributed by atoms with Crippen LogP contribution in [0.2, 0.25) is 0 Å². The summed E-state index contributed by atoms with van der Waals surface area (Å²) >= 11 is 0. The number of nitroso groups, excluding NO2 is 1. The van der Waals surface area contributed by atoms with E-state index in [1.54, 1.807) is 12.1 Å². The average molecular weight is 195 g/mol. The van der Waals surface area contributed by atoms with Gasteiger partial charge in [-0.25, -0.2) is 4.79 Å². The van der Waals surface area contributed by atoms with E-state index in [0.29, 0.717) is 16.4 Å². The van der Waals surface area contributed by atoms with Crippen LogP contribution in [-0.2, 0) is 0 Å². The van der Waals surface area contributed by atoms with Gasteiger partial charge in [0.2, 0.25) is 0 Å². The van der Waals surface area contributed by atoms with Crippen LogP contribution in [0.15, 0.2) is 29.6 Å². The van der Waals surface area contributed by atoms with Crippen molar-refractivity contribution < 1.29 is 9.53 Å². The van der Waals surface area contributed by atoms with Crippen LogP contribution in [0.5, 0.6) is 5.75 Å². The maximum absolute atomic E-state index is 10.7. The van der Waals surface area contributed by atoms with Gasteiger partial charge in [-0.2, -0.15) is 0 Å². The minimum absolute atomic E-state index is 0.299. The van der Waals surface area contributed by atoms with E-state index >= 15 is 0 Å². The maximum Gasteiger partial charge on any atom is 0.342 e. The molecule has 0 saturated heterocycles. The molecule has 1 aromatic rings. The van der Waals surface area contributed by atoms with Crippen LogP contribution in [0, 0.1) is 4.91 Å². The SMILES string of the molecule is COc1ccc(N(N=O)C(N)=O)cc1. The number of benzene rings is 1. The van der Waals surface area contributed by atoms with Gasteiger partial charge in [-0.1, -0.05) is 0 Å². The summed E-state index contributed by atoms with van der Waals surface area (Å²) in [5, 5.41) is 3.04. The van der Waals surface area contributed by atoms with Gasteiger partial charge in [0.1, 0.15) is 5.75 Å². The lowest BCUT2D eigenvalue weighted by atomic mass is 10.3. The molecule has 6 heteroatoms. The second kappa shape index (κ2) is 4.22. The van der Waals surface area contributed by atoms with Crippen molar-refractivity contribution in [3.63, 3.8) is 0 Å². The van der Waals surface area contributed by atoms with Crippen molar-refractivity contribution in [1.82, 2.24) is 0 Å². The first-order chi connectivity index (χ1) is 6.69. The van der Waals surface area contributed by atoms with E-state index in [1.165, 1.54) is 19.2 Å². The second-order valence-electron chi connectivity index (χ2n) is 2.43. The molecule has 0 radical (unpaired) electrons. The largest absolute Gasteiger partial charge is 0.497 e. The zero-order valence-electron chi connectivity index (χ0n) is 7.51. The number of carbonyl (C=O) groups excluding carboxylic acids is 1. The molecule has 0 aromatic heterocycles. The summed E-state index contributed by atoms with van der Waals surface area (Å²) < 4.78 is 4.90. The summed E-state index contributed by atoms with van der Waals surface area (Å²) in [6.07, 6.45) is 0. The summed E-state index contributed by atoms with van der Waals surface area (Å²) in [5.74, 6) is 0.615. The van der Waals surface area contributed by atoms with Crippen LogP contribution in [0.1, 0.15) is 0 Å². The van der Waals surface area contributed by atoms with Crippen LogP contribution >= 0.6 is 0 Å². The maximum atomic E-state index is 10.7. The number of amides is 2. The van der Waals surface area contributed by atoms with E-state index in [0.717, 1.165) is 0 Å². The lowest BCUT2D eigenvalue weighted by Crippen LogP contribution is -2.30. The number of urea groups is 1. The third-order valence-electron chi connectivity index (χ3n) is 1.61.